The van der Waals surface area contributed by atoms with Crippen LogP contribution in [0.25, 0.3) is 0 Å². The van der Waals surface area contributed by atoms with Crippen LogP contribution in [0.2, 0.25) is 0 Å². The summed E-state index contributed by atoms with van der Waals surface area (Å²) >= 11 is 0. The fourth-order valence-corrected chi connectivity index (χ4v) is 4.00. The van der Waals surface area contributed by atoms with Crippen LogP contribution in [0.3, 0.4) is 0 Å². The molecule has 5 heteroatoms. The van der Waals surface area contributed by atoms with Gasteiger partial charge < -0.3 is 20.0 Å². The van der Waals surface area contributed by atoms with Gasteiger partial charge in [0, 0.05) is 45.0 Å². The Labute approximate surface area is 161 Å². The number of benzene rings is 2. The number of hydrogen-bond donors (Lipinski definition) is 1. The van der Waals surface area contributed by atoms with Crippen LogP contribution < -0.4 is 15.1 Å². The van der Waals surface area contributed by atoms with Gasteiger partial charge in [-0.3, -0.25) is 0 Å². The molecule has 2 aliphatic heterocycles. The van der Waals surface area contributed by atoms with Crippen LogP contribution in [0.5, 0.6) is 0 Å². The number of urea groups is 1. The molecule has 2 saturated heterocycles. The summed E-state index contributed by atoms with van der Waals surface area (Å²) in [5, 5.41) is 3.15. The lowest BCUT2D eigenvalue weighted by molar-refractivity contribution is 0.208. The van der Waals surface area contributed by atoms with Gasteiger partial charge >= 0.3 is 6.03 Å². The molecule has 0 aromatic heterocycles. The Bertz CT molecular complexity index is 792. The maximum atomic E-state index is 12.8. The van der Waals surface area contributed by atoms with E-state index in [1.165, 1.54) is 24.1 Å². The summed E-state index contributed by atoms with van der Waals surface area (Å²) < 4.78 is 0. The Kier molecular flexibility index (Phi) is 5.19. The van der Waals surface area contributed by atoms with Crippen LogP contribution in [0.4, 0.5) is 21.9 Å². The minimum atomic E-state index is 0.00513. The average molecular weight is 364 g/mol. The van der Waals surface area contributed by atoms with E-state index < -0.39 is 0 Å². The number of piperazine rings is 1. The summed E-state index contributed by atoms with van der Waals surface area (Å²) in [5.74, 6) is 0. The second-order valence-corrected chi connectivity index (χ2v) is 7.45. The van der Waals surface area contributed by atoms with E-state index in [1.54, 1.807) is 0 Å². The first-order valence-corrected chi connectivity index (χ1v) is 9.92. The van der Waals surface area contributed by atoms with Crippen molar-refractivity contribution < 1.29 is 4.79 Å². The Morgan fingerprint density at radius 3 is 2.33 bits per heavy atom. The minimum Gasteiger partial charge on any atom is -0.370 e. The van der Waals surface area contributed by atoms with E-state index in [4.69, 9.17) is 0 Å². The predicted octanol–water partition coefficient (Wildman–Crippen LogP) is 3.95. The van der Waals surface area contributed by atoms with Gasteiger partial charge in [0.2, 0.25) is 0 Å². The maximum absolute atomic E-state index is 12.8. The molecule has 0 atom stereocenters. The Morgan fingerprint density at radius 1 is 0.852 bits per heavy atom. The molecule has 0 aliphatic carbocycles. The van der Waals surface area contributed by atoms with Crippen molar-refractivity contribution in [2.75, 3.05) is 54.4 Å². The normalized spacial score (nSPS) is 17.3. The zero-order valence-electron chi connectivity index (χ0n) is 16.0. The van der Waals surface area contributed by atoms with E-state index in [-0.39, 0.29) is 6.03 Å². The van der Waals surface area contributed by atoms with Gasteiger partial charge in [-0.05, 0) is 49.6 Å². The molecule has 2 amide bonds. The van der Waals surface area contributed by atoms with E-state index >= 15 is 0 Å². The van der Waals surface area contributed by atoms with Crippen molar-refractivity contribution in [3.63, 3.8) is 0 Å². The number of anilines is 3. The molecule has 1 N–H and O–H groups in total. The van der Waals surface area contributed by atoms with Gasteiger partial charge in [-0.25, -0.2) is 4.79 Å². The zero-order valence-corrected chi connectivity index (χ0v) is 16.0. The van der Waals surface area contributed by atoms with Crippen LogP contribution in [0, 0.1) is 6.92 Å². The fraction of sp³-hybridized carbons (Fsp3) is 0.409. The zero-order chi connectivity index (χ0) is 18.6. The van der Waals surface area contributed by atoms with Crippen LogP contribution in [-0.4, -0.2) is 50.2 Å². The molecule has 0 radical (unpaired) electrons. The van der Waals surface area contributed by atoms with E-state index in [1.807, 2.05) is 23.1 Å². The lowest BCUT2D eigenvalue weighted by atomic mass is 10.2. The van der Waals surface area contributed by atoms with Gasteiger partial charge in [-0.15, -0.1) is 0 Å². The molecule has 142 valence electrons. The summed E-state index contributed by atoms with van der Waals surface area (Å²) in [5.41, 5.74) is 4.58. The highest BCUT2D eigenvalue weighted by Gasteiger charge is 2.23. The van der Waals surface area contributed by atoms with Crippen molar-refractivity contribution >= 4 is 23.1 Å². The lowest BCUT2D eigenvalue weighted by Crippen LogP contribution is -2.50. The minimum absolute atomic E-state index is 0.00513. The van der Waals surface area contributed by atoms with E-state index in [2.05, 4.69) is 52.4 Å². The second-order valence-electron chi connectivity index (χ2n) is 7.45. The summed E-state index contributed by atoms with van der Waals surface area (Å²) in [4.78, 5) is 19.5. The number of nitrogens with one attached hydrogen (secondary N) is 1. The number of nitrogens with zero attached hydrogens (tertiary/aromatic N) is 3. The molecular weight excluding hydrogens is 336 g/mol. The van der Waals surface area contributed by atoms with E-state index in [0.717, 1.165) is 50.6 Å². The van der Waals surface area contributed by atoms with Crippen molar-refractivity contribution in [2.45, 2.75) is 19.8 Å². The van der Waals surface area contributed by atoms with E-state index in [0.29, 0.717) is 0 Å². The smallest absolute Gasteiger partial charge is 0.322 e. The SMILES string of the molecule is Cc1cccc(N2CCN(C(=O)Nc3ccccc3N3CCCC3)CC2)c1. The molecule has 0 spiro atoms. The van der Waals surface area contributed by atoms with Crippen molar-refractivity contribution in [2.24, 2.45) is 0 Å². The Hall–Kier alpha value is -2.69. The molecule has 2 fully saturated rings. The molecule has 27 heavy (non-hydrogen) atoms. The maximum Gasteiger partial charge on any atom is 0.322 e. The molecule has 2 aromatic rings. The third kappa shape index (κ3) is 4.02. The first-order chi connectivity index (χ1) is 13.2. The number of rotatable bonds is 3. The highest BCUT2D eigenvalue weighted by molar-refractivity contribution is 5.93. The molecule has 2 heterocycles. The largest absolute Gasteiger partial charge is 0.370 e. The summed E-state index contributed by atoms with van der Waals surface area (Å²) in [6.45, 7) is 7.47. The van der Waals surface area contributed by atoms with Gasteiger partial charge in [0.15, 0.2) is 0 Å². The highest BCUT2D eigenvalue weighted by atomic mass is 16.2. The third-order valence-electron chi connectivity index (χ3n) is 5.53. The Balaban J connectivity index is 1.38. The van der Waals surface area contributed by atoms with Gasteiger partial charge in [0.25, 0.3) is 0 Å². The number of amides is 2. The summed E-state index contributed by atoms with van der Waals surface area (Å²) in [6.07, 6.45) is 2.45. The summed E-state index contributed by atoms with van der Waals surface area (Å²) in [7, 11) is 0. The molecular formula is C22H28N4O. The van der Waals surface area contributed by atoms with Crippen LogP contribution in [-0.2, 0) is 0 Å². The van der Waals surface area contributed by atoms with Crippen LogP contribution in [0.15, 0.2) is 48.5 Å². The van der Waals surface area contributed by atoms with E-state index in [9.17, 15) is 4.79 Å². The van der Waals surface area contributed by atoms with Crippen molar-refractivity contribution in [3.05, 3.63) is 54.1 Å². The highest BCUT2D eigenvalue weighted by Crippen LogP contribution is 2.29. The standard InChI is InChI=1S/C22H28N4O/c1-18-7-6-8-19(17-18)24-13-15-26(16-14-24)22(27)23-20-9-2-3-10-21(20)25-11-4-5-12-25/h2-3,6-10,17H,4-5,11-16H2,1H3,(H,23,27). The van der Waals surface area contributed by atoms with Gasteiger partial charge in [0.05, 0.1) is 11.4 Å². The van der Waals surface area contributed by atoms with Crippen LogP contribution in [0.1, 0.15) is 18.4 Å². The summed E-state index contributed by atoms with van der Waals surface area (Å²) in [6, 6.07) is 16.7. The van der Waals surface area contributed by atoms with Crippen LogP contribution >= 0.6 is 0 Å². The third-order valence-corrected chi connectivity index (χ3v) is 5.53. The Morgan fingerprint density at radius 2 is 1.59 bits per heavy atom. The molecule has 2 aromatic carbocycles. The molecule has 5 nitrogen and oxygen atoms in total. The fourth-order valence-electron chi connectivity index (χ4n) is 4.00. The second kappa shape index (κ2) is 7.91. The van der Waals surface area contributed by atoms with Crippen molar-refractivity contribution in [1.82, 2.24) is 4.90 Å². The number of hydrogen-bond acceptors (Lipinski definition) is 3. The lowest BCUT2D eigenvalue weighted by Gasteiger charge is -2.36. The molecule has 0 bridgehead atoms. The van der Waals surface area contributed by atoms with Crippen molar-refractivity contribution in [1.29, 1.82) is 0 Å². The quantitative estimate of drug-likeness (QED) is 0.896. The first-order valence-electron chi connectivity index (χ1n) is 9.92. The van der Waals surface area contributed by atoms with Gasteiger partial charge in [-0.2, -0.15) is 0 Å². The molecule has 4 rings (SSSR count). The predicted molar refractivity (Wildman–Crippen MR) is 112 cm³/mol. The number of carbonyl (C=O) groups excluding carboxylic acids is 1. The average Bonchev–Trinajstić information content (AvgIpc) is 3.23. The monoisotopic (exact) mass is 364 g/mol. The number of para-hydroxylation sites is 2. The topological polar surface area (TPSA) is 38.8 Å². The van der Waals surface area contributed by atoms with Gasteiger partial charge in [0.1, 0.15) is 0 Å². The number of aryl methyl sites for hydroxylation is 1. The van der Waals surface area contributed by atoms with Gasteiger partial charge in [-0.1, -0.05) is 24.3 Å². The first kappa shape index (κ1) is 17.7. The molecule has 0 unspecified atom stereocenters. The number of carbonyl (C=O) groups is 1. The molecule has 0 saturated carbocycles. The molecule has 2 aliphatic rings. The van der Waals surface area contributed by atoms with Crippen molar-refractivity contribution in [3.8, 4) is 0 Å².